The summed E-state index contributed by atoms with van der Waals surface area (Å²) in [6, 6.07) is 9.48. The zero-order valence-electron chi connectivity index (χ0n) is 14.0. The summed E-state index contributed by atoms with van der Waals surface area (Å²) in [6.45, 7) is 3.74. The van der Waals surface area contributed by atoms with E-state index in [0.717, 1.165) is 18.6 Å². The summed E-state index contributed by atoms with van der Waals surface area (Å²) < 4.78 is 31.8. The lowest BCUT2D eigenvalue weighted by Gasteiger charge is -2.18. The van der Waals surface area contributed by atoms with Crippen LogP contribution in [-0.2, 0) is 18.6 Å². The molecule has 138 valence electrons. The second-order valence-electron chi connectivity index (χ2n) is 5.21. The van der Waals surface area contributed by atoms with Gasteiger partial charge in [-0.15, -0.1) is 0 Å². The normalized spacial score (nSPS) is 13.0. The topological polar surface area (TPSA) is 94.5 Å². The highest BCUT2D eigenvalue weighted by molar-refractivity contribution is 7.46. The summed E-state index contributed by atoms with van der Waals surface area (Å²) in [5, 5.41) is 0. The number of phosphoric ester groups is 1. The highest BCUT2D eigenvalue weighted by atomic mass is 31.2. The van der Waals surface area contributed by atoms with Gasteiger partial charge in [0.1, 0.15) is 12.4 Å². The molecule has 1 aromatic rings. The molecule has 0 spiro atoms. The van der Waals surface area contributed by atoms with Crippen LogP contribution in [0.1, 0.15) is 26.2 Å². The van der Waals surface area contributed by atoms with Gasteiger partial charge in [0.15, 0.2) is 0 Å². The molecule has 0 aromatic heterocycles. The van der Waals surface area contributed by atoms with Gasteiger partial charge < -0.3 is 24.0 Å². The average Bonchev–Trinajstić information content (AvgIpc) is 2.54. The Morgan fingerprint density at radius 3 is 2.38 bits per heavy atom. The van der Waals surface area contributed by atoms with E-state index in [2.05, 4.69) is 0 Å². The quantitative estimate of drug-likeness (QED) is 0.388. The van der Waals surface area contributed by atoms with Crippen LogP contribution in [0.4, 0.5) is 0 Å². The van der Waals surface area contributed by atoms with Gasteiger partial charge in [-0.05, 0) is 18.6 Å². The first-order chi connectivity index (χ1) is 11.5. The Bertz CT molecular complexity index is 463. The van der Waals surface area contributed by atoms with E-state index >= 15 is 0 Å². The molecule has 7 nitrogen and oxygen atoms in total. The maximum absolute atomic E-state index is 10.9. The zero-order chi connectivity index (χ0) is 17.7. The lowest BCUT2D eigenvalue weighted by atomic mass is 10.2. The van der Waals surface area contributed by atoms with Gasteiger partial charge in [0.25, 0.3) is 0 Å². The van der Waals surface area contributed by atoms with E-state index in [9.17, 15) is 4.57 Å². The van der Waals surface area contributed by atoms with Crippen LogP contribution in [-0.4, -0.2) is 48.9 Å². The minimum absolute atomic E-state index is 0.134. The van der Waals surface area contributed by atoms with Gasteiger partial charge >= 0.3 is 7.82 Å². The van der Waals surface area contributed by atoms with Gasteiger partial charge in [0.05, 0.1) is 32.5 Å². The third kappa shape index (κ3) is 11.6. The second-order valence-corrected chi connectivity index (χ2v) is 6.40. The molecular formula is C16H27O7P. The van der Waals surface area contributed by atoms with Crippen molar-refractivity contribution >= 4 is 7.82 Å². The SMILES string of the molecule is CCCCC(COCCOCCOc1ccccc1)OP(=O)(O)O. The van der Waals surface area contributed by atoms with Crippen molar-refractivity contribution in [2.45, 2.75) is 32.3 Å². The average molecular weight is 362 g/mol. The van der Waals surface area contributed by atoms with Crippen LogP contribution in [0.25, 0.3) is 0 Å². The van der Waals surface area contributed by atoms with Crippen LogP contribution in [0, 0.1) is 0 Å². The van der Waals surface area contributed by atoms with Crippen molar-refractivity contribution in [2.75, 3.05) is 33.0 Å². The van der Waals surface area contributed by atoms with Crippen LogP contribution >= 0.6 is 7.82 Å². The summed E-state index contributed by atoms with van der Waals surface area (Å²) in [7, 11) is -4.49. The Labute approximate surface area is 143 Å². The molecule has 24 heavy (non-hydrogen) atoms. The fourth-order valence-electron chi connectivity index (χ4n) is 1.96. The molecule has 0 fully saturated rings. The predicted molar refractivity (Wildman–Crippen MR) is 90.0 cm³/mol. The van der Waals surface area contributed by atoms with Crippen LogP contribution in [0.5, 0.6) is 5.75 Å². The minimum atomic E-state index is -4.49. The summed E-state index contributed by atoms with van der Waals surface area (Å²) >= 11 is 0. The standard InChI is InChI=1S/C16H27O7P/c1-2-3-7-16(23-24(17,18)19)14-21-11-10-20-12-13-22-15-8-5-4-6-9-15/h4-6,8-9,16H,2-3,7,10-14H2,1H3,(H2,17,18,19). The summed E-state index contributed by atoms with van der Waals surface area (Å²) in [5.74, 6) is 0.797. The molecule has 0 aliphatic rings. The number of benzene rings is 1. The van der Waals surface area contributed by atoms with Crippen molar-refractivity contribution in [1.29, 1.82) is 0 Å². The largest absolute Gasteiger partial charge is 0.491 e. The number of hydrogen-bond donors (Lipinski definition) is 2. The Kier molecular flexibility index (Phi) is 10.9. The van der Waals surface area contributed by atoms with Crippen molar-refractivity contribution in [2.24, 2.45) is 0 Å². The van der Waals surface area contributed by atoms with E-state index in [0.29, 0.717) is 32.8 Å². The third-order valence-electron chi connectivity index (χ3n) is 3.08. The van der Waals surface area contributed by atoms with Gasteiger partial charge in [0.2, 0.25) is 0 Å². The van der Waals surface area contributed by atoms with Gasteiger partial charge in [-0.1, -0.05) is 38.0 Å². The Morgan fingerprint density at radius 2 is 1.71 bits per heavy atom. The maximum atomic E-state index is 10.9. The number of hydrogen-bond acceptors (Lipinski definition) is 5. The molecule has 1 aromatic carbocycles. The fraction of sp³-hybridized carbons (Fsp3) is 0.625. The van der Waals surface area contributed by atoms with Crippen LogP contribution in [0.3, 0.4) is 0 Å². The van der Waals surface area contributed by atoms with Crippen molar-refractivity contribution < 1.29 is 33.1 Å². The molecule has 2 N–H and O–H groups in total. The van der Waals surface area contributed by atoms with Crippen molar-refractivity contribution in [3.05, 3.63) is 30.3 Å². The number of phosphoric acid groups is 1. The predicted octanol–water partition coefficient (Wildman–Crippen LogP) is 2.77. The summed E-state index contributed by atoms with van der Waals surface area (Å²) in [5.41, 5.74) is 0. The van der Waals surface area contributed by atoms with E-state index < -0.39 is 13.9 Å². The Balaban J connectivity index is 2.05. The van der Waals surface area contributed by atoms with Gasteiger partial charge in [-0.2, -0.15) is 0 Å². The number of ether oxygens (including phenoxy) is 3. The lowest BCUT2D eigenvalue weighted by molar-refractivity contribution is -0.00344. The van der Waals surface area contributed by atoms with Gasteiger partial charge in [0, 0.05) is 0 Å². The molecule has 1 unspecified atom stereocenters. The molecule has 0 heterocycles. The molecule has 0 amide bonds. The molecule has 0 aliphatic carbocycles. The smallest absolute Gasteiger partial charge is 0.469 e. The Hall–Kier alpha value is -0.950. The van der Waals surface area contributed by atoms with Crippen molar-refractivity contribution in [3.63, 3.8) is 0 Å². The first-order valence-corrected chi connectivity index (χ1v) is 9.61. The number of unbranched alkanes of at least 4 members (excludes halogenated alkanes) is 1. The minimum Gasteiger partial charge on any atom is -0.491 e. The monoisotopic (exact) mass is 362 g/mol. The number of rotatable bonds is 14. The van der Waals surface area contributed by atoms with E-state index in [1.807, 2.05) is 37.3 Å². The first kappa shape index (κ1) is 21.1. The lowest BCUT2D eigenvalue weighted by Crippen LogP contribution is -2.20. The second kappa shape index (κ2) is 12.4. The molecule has 0 saturated heterocycles. The fourth-order valence-corrected chi connectivity index (χ4v) is 2.52. The number of para-hydroxylation sites is 1. The molecule has 0 radical (unpaired) electrons. The van der Waals surface area contributed by atoms with E-state index in [4.69, 9.17) is 28.5 Å². The van der Waals surface area contributed by atoms with Crippen LogP contribution in [0.2, 0.25) is 0 Å². The highest BCUT2D eigenvalue weighted by Gasteiger charge is 2.21. The third-order valence-corrected chi connectivity index (χ3v) is 3.65. The molecule has 0 saturated carbocycles. The van der Waals surface area contributed by atoms with E-state index in [-0.39, 0.29) is 6.61 Å². The summed E-state index contributed by atoms with van der Waals surface area (Å²) in [4.78, 5) is 17.8. The van der Waals surface area contributed by atoms with Crippen LogP contribution in [0.15, 0.2) is 30.3 Å². The Morgan fingerprint density at radius 1 is 1.04 bits per heavy atom. The van der Waals surface area contributed by atoms with Crippen molar-refractivity contribution in [1.82, 2.24) is 0 Å². The van der Waals surface area contributed by atoms with Crippen LogP contribution < -0.4 is 4.74 Å². The highest BCUT2D eigenvalue weighted by Crippen LogP contribution is 2.38. The maximum Gasteiger partial charge on any atom is 0.469 e. The molecule has 0 bridgehead atoms. The molecule has 1 rings (SSSR count). The van der Waals surface area contributed by atoms with Gasteiger partial charge in [-0.25, -0.2) is 4.57 Å². The first-order valence-electron chi connectivity index (χ1n) is 8.08. The molecule has 0 aliphatic heterocycles. The van der Waals surface area contributed by atoms with Gasteiger partial charge in [-0.3, -0.25) is 4.52 Å². The van der Waals surface area contributed by atoms with Crippen molar-refractivity contribution in [3.8, 4) is 5.75 Å². The van der Waals surface area contributed by atoms with E-state index in [1.165, 1.54) is 0 Å². The summed E-state index contributed by atoms with van der Waals surface area (Å²) in [6.07, 6.45) is 1.69. The zero-order valence-corrected chi connectivity index (χ0v) is 14.9. The molecule has 8 heteroatoms. The molecule has 1 atom stereocenters. The molecular weight excluding hydrogens is 335 g/mol. The van der Waals surface area contributed by atoms with E-state index in [1.54, 1.807) is 0 Å².